The van der Waals surface area contributed by atoms with E-state index >= 15 is 0 Å². The number of hydrogen-bond donors (Lipinski definition) is 2. The maximum Gasteiger partial charge on any atom is 0.414 e. The summed E-state index contributed by atoms with van der Waals surface area (Å²) in [6, 6.07) is 0. The van der Waals surface area contributed by atoms with E-state index < -0.39 is 34.2 Å². The van der Waals surface area contributed by atoms with Crippen LogP contribution in [0, 0.1) is 5.41 Å². The fourth-order valence-electron chi connectivity index (χ4n) is 1.29. The number of alkyl halides is 12. The van der Waals surface area contributed by atoms with Crippen LogP contribution in [0.1, 0.15) is 0 Å². The molecule has 0 aromatic rings. The van der Waals surface area contributed by atoms with Crippen molar-refractivity contribution >= 4 is 25.3 Å². The topological polar surface area (TPSA) is 0 Å². The lowest BCUT2D eigenvalue weighted by atomic mass is 9.80. The Hall–Kier alpha value is -0.140. The first-order valence-corrected chi connectivity index (χ1v) is 4.86. The van der Waals surface area contributed by atoms with Crippen molar-refractivity contribution in [1.82, 2.24) is 0 Å². The van der Waals surface area contributed by atoms with Crippen molar-refractivity contribution in [2.45, 2.75) is 28.8 Å². The Morgan fingerprint density at radius 1 is 0.400 bits per heavy atom. The van der Waals surface area contributed by atoms with Crippen LogP contribution in [0.4, 0.5) is 52.7 Å². The van der Waals surface area contributed by atoms with E-state index in [1.807, 2.05) is 25.3 Å². The molecule has 122 valence electrons. The van der Waals surface area contributed by atoms with E-state index in [2.05, 4.69) is 0 Å². The van der Waals surface area contributed by atoms with Gasteiger partial charge in [-0.3, -0.25) is 0 Å². The Morgan fingerprint density at radius 3 is 0.650 bits per heavy atom. The van der Waals surface area contributed by atoms with Crippen LogP contribution in [0.25, 0.3) is 0 Å². The molecule has 0 amide bonds. The molecular formula is C6H2F12S2. The largest absolute Gasteiger partial charge is 0.414 e. The van der Waals surface area contributed by atoms with Crippen LogP contribution in [0.15, 0.2) is 0 Å². The Bertz CT molecular complexity index is 318. The zero-order valence-corrected chi connectivity index (χ0v) is 10.2. The lowest BCUT2D eigenvalue weighted by Crippen LogP contribution is -2.71. The van der Waals surface area contributed by atoms with Gasteiger partial charge in [0.25, 0.3) is 5.41 Å². The average Bonchev–Trinajstić information content (AvgIpc) is 1.89. The predicted octanol–water partition coefficient (Wildman–Crippen LogP) is 4.78. The number of thiol groups is 2. The van der Waals surface area contributed by atoms with E-state index in [0.29, 0.717) is 0 Å². The van der Waals surface area contributed by atoms with Gasteiger partial charge in [-0.2, -0.15) is 77.9 Å². The first-order chi connectivity index (χ1) is 8.25. The van der Waals surface area contributed by atoms with E-state index in [1.54, 1.807) is 0 Å². The van der Waals surface area contributed by atoms with Crippen LogP contribution in [-0.4, -0.2) is 28.8 Å². The van der Waals surface area contributed by atoms with Crippen molar-refractivity contribution in [3.63, 3.8) is 0 Å². The summed E-state index contributed by atoms with van der Waals surface area (Å²) in [5.41, 5.74) is -7.20. The first-order valence-electron chi connectivity index (χ1n) is 3.97. The maximum absolute atomic E-state index is 12.4. The van der Waals surface area contributed by atoms with Gasteiger partial charge in [0.2, 0.25) is 0 Å². The van der Waals surface area contributed by atoms with Gasteiger partial charge in [-0.25, -0.2) is 0 Å². The standard InChI is InChI=1S/C6H2F12S2/c7-3(8,9)1(4(10,11)12,5(13,14)15)2(19,20)6(16,17)18/h19-20H. The number of halogens is 12. The van der Waals surface area contributed by atoms with E-state index in [0.717, 1.165) is 0 Å². The molecule has 0 saturated carbocycles. The SMILES string of the molecule is FC(F)(F)C(S)(S)C(C(F)(F)F)(C(F)(F)F)C(F)(F)F. The Balaban J connectivity index is 6.83. The summed E-state index contributed by atoms with van der Waals surface area (Å²) in [6.45, 7) is 0. The third-order valence-electron chi connectivity index (χ3n) is 2.19. The average molecular weight is 366 g/mol. The zero-order valence-electron chi connectivity index (χ0n) is 8.43. The van der Waals surface area contributed by atoms with Crippen LogP contribution in [0.3, 0.4) is 0 Å². The molecule has 0 atom stereocenters. The van der Waals surface area contributed by atoms with Gasteiger partial charge in [-0.15, -0.1) is 0 Å². The molecule has 0 nitrogen and oxygen atoms in total. The molecule has 14 heteroatoms. The Morgan fingerprint density at radius 2 is 0.600 bits per heavy atom. The lowest BCUT2D eigenvalue weighted by Gasteiger charge is -2.47. The molecule has 0 heterocycles. The summed E-state index contributed by atoms with van der Waals surface area (Å²) in [4.78, 5) is 0. The van der Waals surface area contributed by atoms with Crippen LogP contribution in [-0.2, 0) is 0 Å². The predicted molar refractivity (Wildman–Crippen MR) is 47.4 cm³/mol. The minimum Gasteiger partial charge on any atom is -0.170 e. The van der Waals surface area contributed by atoms with E-state index in [4.69, 9.17) is 0 Å². The van der Waals surface area contributed by atoms with Crippen molar-refractivity contribution in [1.29, 1.82) is 0 Å². The summed E-state index contributed by atoms with van der Waals surface area (Å²) in [6.07, 6.45) is -28.9. The summed E-state index contributed by atoms with van der Waals surface area (Å²) in [7, 11) is 0. The van der Waals surface area contributed by atoms with Crippen molar-refractivity contribution in [3.05, 3.63) is 0 Å². The molecule has 0 spiro atoms. The molecule has 0 fully saturated rings. The van der Waals surface area contributed by atoms with Crippen molar-refractivity contribution in [3.8, 4) is 0 Å². The van der Waals surface area contributed by atoms with Gasteiger partial charge in [0.1, 0.15) is 0 Å². The molecule has 20 heavy (non-hydrogen) atoms. The fourth-order valence-corrected chi connectivity index (χ4v) is 2.05. The third kappa shape index (κ3) is 2.52. The quantitative estimate of drug-likeness (QED) is 0.373. The molecule has 0 unspecified atom stereocenters. The summed E-state index contributed by atoms with van der Waals surface area (Å²) in [5, 5.41) is 0. The highest BCUT2D eigenvalue weighted by Gasteiger charge is 2.93. The van der Waals surface area contributed by atoms with Crippen LogP contribution in [0.5, 0.6) is 0 Å². The lowest BCUT2D eigenvalue weighted by molar-refractivity contribution is -0.443. The van der Waals surface area contributed by atoms with E-state index in [9.17, 15) is 52.7 Å². The highest BCUT2D eigenvalue weighted by atomic mass is 32.2. The second-order valence-corrected chi connectivity index (χ2v) is 5.11. The van der Waals surface area contributed by atoms with Crippen molar-refractivity contribution in [2.75, 3.05) is 0 Å². The molecule has 0 aliphatic heterocycles. The second-order valence-electron chi connectivity index (χ2n) is 3.41. The van der Waals surface area contributed by atoms with E-state index in [-0.39, 0.29) is 0 Å². The highest BCUT2D eigenvalue weighted by molar-refractivity contribution is 8.00. The van der Waals surface area contributed by atoms with Gasteiger partial charge in [0.05, 0.1) is 0 Å². The van der Waals surface area contributed by atoms with Gasteiger partial charge in [0.15, 0.2) is 4.08 Å². The molecule has 0 saturated heterocycles. The van der Waals surface area contributed by atoms with Gasteiger partial charge in [-0.05, 0) is 0 Å². The number of hydrogen-bond acceptors (Lipinski definition) is 2. The molecule has 0 rings (SSSR count). The van der Waals surface area contributed by atoms with Gasteiger partial charge in [-0.1, -0.05) is 0 Å². The Labute approximate surface area is 113 Å². The summed E-state index contributed by atoms with van der Waals surface area (Å²) < 4.78 is 142. The van der Waals surface area contributed by atoms with Crippen LogP contribution < -0.4 is 0 Å². The van der Waals surface area contributed by atoms with Crippen molar-refractivity contribution < 1.29 is 52.7 Å². The van der Waals surface area contributed by atoms with Gasteiger partial charge in [0, 0.05) is 0 Å². The Kier molecular flexibility index (Phi) is 4.65. The smallest absolute Gasteiger partial charge is 0.170 e. The van der Waals surface area contributed by atoms with Gasteiger partial charge < -0.3 is 0 Å². The van der Waals surface area contributed by atoms with Gasteiger partial charge >= 0.3 is 24.7 Å². The maximum atomic E-state index is 12.4. The molecule has 0 aliphatic carbocycles. The minimum absolute atomic E-state index is 1.91. The molecule has 0 aromatic carbocycles. The van der Waals surface area contributed by atoms with Crippen LogP contribution in [0.2, 0.25) is 0 Å². The van der Waals surface area contributed by atoms with Crippen molar-refractivity contribution in [2.24, 2.45) is 5.41 Å². The fraction of sp³-hybridized carbons (Fsp3) is 1.00. The summed E-state index contributed by atoms with van der Waals surface area (Å²) >= 11 is 3.82. The zero-order chi connectivity index (χ0) is 17.0. The number of rotatable bonds is 1. The molecule has 0 aliphatic rings. The molecular weight excluding hydrogens is 364 g/mol. The molecule has 0 bridgehead atoms. The molecule has 0 aromatic heterocycles. The molecule has 0 N–H and O–H groups in total. The first kappa shape index (κ1) is 19.9. The summed E-state index contributed by atoms with van der Waals surface area (Å²) in [5.74, 6) is 0. The third-order valence-corrected chi connectivity index (χ3v) is 3.37. The monoisotopic (exact) mass is 366 g/mol. The van der Waals surface area contributed by atoms with E-state index in [1.165, 1.54) is 0 Å². The molecule has 0 radical (unpaired) electrons. The minimum atomic E-state index is -7.40. The highest BCUT2D eigenvalue weighted by Crippen LogP contribution is 2.70. The second kappa shape index (κ2) is 4.68. The van der Waals surface area contributed by atoms with Crippen LogP contribution >= 0.6 is 25.3 Å². The normalized spacial score (nSPS) is 16.5.